The fourth-order valence-corrected chi connectivity index (χ4v) is 9.34. The molecule has 0 radical (unpaired) electrons. The maximum atomic E-state index is 2.41. The molecule has 0 spiro atoms. The molecule has 0 N–H and O–H groups in total. The van der Waals surface area contributed by atoms with Crippen molar-refractivity contribution in [3.8, 4) is 29.5 Å². The highest BCUT2D eigenvalue weighted by Gasteiger charge is 2.16. The second-order valence-electron chi connectivity index (χ2n) is 10.2. The molecule has 0 aliphatic rings. The summed E-state index contributed by atoms with van der Waals surface area (Å²) in [5, 5.41) is 7.69. The lowest BCUT2D eigenvalue weighted by Gasteiger charge is -2.04. The van der Waals surface area contributed by atoms with Crippen LogP contribution in [0.15, 0.2) is 133 Å². The van der Waals surface area contributed by atoms with Crippen LogP contribution in [0, 0.1) is 0 Å². The van der Waals surface area contributed by atoms with E-state index in [9.17, 15) is 0 Å². The molecule has 0 unspecified atom stereocenters. The van der Waals surface area contributed by atoms with E-state index in [2.05, 4.69) is 143 Å². The number of thiophene rings is 3. The molecule has 0 aliphatic carbocycles. The minimum absolute atomic E-state index is 1.25. The van der Waals surface area contributed by atoms with E-state index in [0.717, 1.165) is 0 Å². The molecule has 0 saturated carbocycles. The Labute approximate surface area is 248 Å². The average molecular weight is 579 g/mol. The summed E-state index contributed by atoms with van der Waals surface area (Å²) in [5.41, 5.74) is 5.02. The molecule has 0 saturated heterocycles. The Balaban J connectivity index is 1.10. The zero-order valence-corrected chi connectivity index (χ0v) is 24.3. The molecule has 0 atom stereocenters. The lowest BCUT2D eigenvalue weighted by atomic mass is 10.2. The Morgan fingerprint density at radius 2 is 0.585 bits per heavy atom. The monoisotopic (exact) mass is 578 g/mol. The highest BCUT2D eigenvalue weighted by Crippen LogP contribution is 2.43. The van der Waals surface area contributed by atoms with Crippen LogP contribution in [0.5, 0.6) is 0 Å². The molecule has 9 rings (SSSR count). The van der Waals surface area contributed by atoms with Crippen molar-refractivity contribution in [1.82, 2.24) is 9.13 Å². The van der Waals surface area contributed by atoms with E-state index in [1.807, 2.05) is 34.0 Å². The zero-order valence-electron chi connectivity index (χ0n) is 21.8. The maximum Gasteiger partial charge on any atom is 0.101 e. The summed E-state index contributed by atoms with van der Waals surface area (Å²) < 4.78 is 4.81. The van der Waals surface area contributed by atoms with Crippen LogP contribution >= 0.6 is 34.0 Å². The van der Waals surface area contributed by atoms with Crippen LogP contribution in [-0.4, -0.2) is 9.13 Å². The van der Waals surface area contributed by atoms with Crippen LogP contribution < -0.4 is 0 Å². The summed E-state index contributed by atoms with van der Waals surface area (Å²) in [6.45, 7) is 0. The summed E-state index contributed by atoms with van der Waals surface area (Å²) in [4.78, 5) is 5.22. The summed E-state index contributed by atoms with van der Waals surface area (Å²) in [6, 6.07) is 48.5. The van der Waals surface area contributed by atoms with E-state index in [-0.39, 0.29) is 0 Å². The highest BCUT2D eigenvalue weighted by atomic mass is 32.1. The number of para-hydroxylation sites is 4. The summed E-state index contributed by atoms with van der Waals surface area (Å²) in [7, 11) is 0. The topological polar surface area (TPSA) is 9.86 Å². The number of hydrogen-bond acceptors (Lipinski definition) is 3. The van der Waals surface area contributed by atoms with E-state index in [0.29, 0.717) is 0 Å². The second-order valence-corrected chi connectivity index (χ2v) is 13.4. The minimum Gasteiger partial charge on any atom is -0.301 e. The number of aromatic nitrogens is 2. The Hall–Kier alpha value is -4.42. The standard InChI is InChI=1S/C36H22N2S3/c1-5-13-27-23(9-1)24-10-2-6-14-28(24)37(27)35-21-19-33(40-35)31-17-18-32(39-31)34-20-22-36(41-34)38-29-15-7-3-11-25(29)26-12-4-8-16-30(26)38/h1-22H. The van der Waals surface area contributed by atoms with Gasteiger partial charge in [0, 0.05) is 41.1 Å². The molecule has 5 heteroatoms. The third-order valence-corrected chi connectivity index (χ3v) is 11.5. The third kappa shape index (κ3) is 3.53. The average Bonchev–Trinajstić information content (AvgIpc) is 3.84. The molecule has 4 aromatic carbocycles. The molecule has 194 valence electrons. The van der Waals surface area contributed by atoms with Crippen molar-refractivity contribution in [2.75, 3.05) is 0 Å². The van der Waals surface area contributed by atoms with Crippen LogP contribution in [0.25, 0.3) is 73.1 Å². The largest absolute Gasteiger partial charge is 0.301 e. The molecule has 5 aromatic heterocycles. The molecule has 2 nitrogen and oxygen atoms in total. The number of nitrogens with zero attached hydrogens (tertiary/aromatic N) is 2. The van der Waals surface area contributed by atoms with Crippen molar-refractivity contribution < 1.29 is 0 Å². The first kappa shape index (κ1) is 23.3. The number of benzene rings is 4. The predicted octanol–water partition coefficient (Wildman–Crippen LogP) is 11.4. The van der Waals surface area contributed by atoms with Crippen molar-refractivity contribution >= 4 is 77.6 Å². The van der Waals surface area contributed by atoms with E-state index >= 15 is 0 Å². The van der Waals surface area contributed by atoms with E-state index in [1.54, 1.807) is 0 Å². The Morgan fingerprint density at radius 1 is 0.293 bits per heavy atom. The lowest BCUT2D eigenvalue weighted by molar-refractivity contribution is 1.22. The fourth-order valence-electron chi connectivity index (χ4n) is 6.08. The first-order valence-corrected chi connectivity index (χ1v) is 16.1. The molecular formula is C36H22N2S3. The van der Waals surface area contributed by atoms with E-state index in [1.165, 1.54) is 73.1 Å². The van der Waals surface area contributed by atoms with Crippen LogP contribution in [-0.2, 0) is 0 Å². The van der Waals surface area contributed by atoms with E-state index < -0.39 is 0 Å². The van der Waals surface area contributed by atoms with Crippen molar-refractivity contribution in [1.29, 1.82) is 0 Å². The van der Waals surface area contributed by atoms with Crippen molar-refractivity contribution in [3.05, 3.63) is 133 Å². The van der Waals surface area contributed by atoms with Gasteiger partial charge in [0.25, 0.3) is 0 Å². The Kier molecular flexibility index (Phi) is 5.14. The number of hydrogen-bond donors (Lipinski definition) is 0. The van der Waals surface area contributed by atoms with Gasteiger partial charge < -0.3 is 9.13 Å². The minimum atomic E-state index is 1.25. The van der Waals surface area contributed by atoms with Crippen LogP contribution in [0.3, 0.4) is 0 Å². The highest BCUT2D eigenvalue weighted by molar-refractivity contribution is 7.27. The Morgan fingerprint density at radius 3 is 0.951 bits per heavy atom. The van der Waals surface area contributed by atoms with Gasteiger partial charge in [-0.1, -0.05) is 72.8 Å². The fraction of sp³-hybridized carbons (Fsp3) is 0. The van der Waals surface area contributed by atoms with Gasteiger partial charge in [0.1, 0.15) is 10.0 Å². The van der Waals surface area contributed by atoms with Crippen molar-refractivity contribution in [2.45, 2.75) is 0 Å². The second kappa shape index (κ2) is 9.05. The first-order valence-electron chi connectivity index (χ1n) is 13.6. The summed E-state index contributed by atoms with van der Waals surface area (Å²) in [5.74, 6) is 0. The van der Waals surface area contributed by atoms with Crippen molar-refractivity contribution in [3.63, 3.8) is 0 Å². The van der Waals surface area contributed by atoms with Crippen LogP contribution in [0.2, 0.25) is 0 Å². The lowest BCUT2D eigenvalue weighted by Crippen LogP contribution is -1.89. The van der Waals surface area contributed by atoms with Gasteiger partial charge in [-0.25, -0.2) is 0 Å². The SMILES string of the molecule is c1ccc2c(c1)c1ccccc1n2-c1ccc(-c2ccc(-c3ccc(-n4c5ccccc5c5ccccc54)s3)s2)s1. The number of rotatable bonds is 4. The molecular weight excluding hydrogens is 557 g/mol. The van der Waals surface area contributed by atoms with Gasteiger partial charge in [0.2, 0.25) is 0 Å². The van der Waals surface area contributed by atoms with E-state index in [4.69, 9.17) is 0 Å². The maximum absolute atomic E-state index is 2.41. The Bertz CT molecular complexity index is 2120. The van der Waals surface area contributed by atoms with Gasteiger partial charge in [0.05, 0.1) is 22.1 Å². The molecule has 0 bridgehead atoms. The first-order chi connectivity index (χ1) is 20.3. The van der Waals surface area contributed by atoms with Gasteiger partial charge >= 0.3 is 0 Å². The molecule has 0 aliphatic heterocycles. The third-order valence-electron chi connectivity index (χ3n) is 7.88. The molecule has 0 amide bonds. The molecule has 41 heavy (non-hydrogen) atoms. The van der Waals surface area contributed by atoms with Gasteiger partial charge in [-0.05, 0) is 60.7 Å². The van der Waals surface area contributed by atoms with Gasteiger partial charge in [0.15, 0.2) is 0 Å². The smallest absolute Gasteiger partial charge is 0.101 e. The zero-order chi connectivity index (χ0) is 26.9. The van der Waals surface area contributed by atoms with Gasteiger partial charge in [-0.3, -0.25) is 0 Å². The normalized spacial score (nSPS) is 11.9. The van der Waals surface area contributed by atoms with Crippen LogP contribution in [0.4, 0.5) is 0 Å². The quantitative estimate of drug-likeness (QED) is 0.197. The molecule has 5 heterocycles. The van der Waals surface area contributed by atoms with Crippen molar-refractivity contribution in [2.24, 2.45) is 0 Å². The number of fused-ring (bicyclic) bond motifs is 6. The molecule has 0 fully saturated rings. The molecule has 9 aromatic rings. The summed E-state index contributed by atoms with van der Waals surface area (Å²) in [6.07, 6.45) is 0. The van der Waals surface area contributed by atoms with Crippen LogP contribution in [0.1, 0.15) is 0 Å². The van der Waals surface area contributed by atoms with Gasteiger partial charge in [-0.2, -0.15) is 0 Å². The summed E-state index contributed by atoms with van der Waals surface area (Å²) >= 11 is 5.60. The van der Waals surface area contributed by atoms with Gasteiger partial charge in [-0.15, -0.1) is 34.0 Å². The predicted molar refractivity (Wildman–Crippen MR) is 180 cm³/mol.